The Bertz CT molecular complexity index is 538. The van der Waals surface area contributed by atoms with E-state index in [1.807, 2.05) is 37.1 Å². The number of urea groups is 1. The minimum atomic E-state index is 0.0346. The second-order valence-corrected chi connectivity index (χ2v) is 6.90. The Morgan fingerprint density at radius 2 is 2.33 bits per heavy atom. The number of nitrogens with one attached hydrogen (secondary N) is 1. The smallest absolute Gasteiger partial charge is 0.317 e. The summed E-state index contributed by atoms with van der Waals surface area (Å²) in [5.41, 5.74) is 1.07. The van der Waals surface area contributed by atoms with Gasteiger partial charge in [-0.05, 0) is 44.7 Å². The van der Waals surface area contributed by atoms with Crippen molar-refractivity contribution in [1.82, 2.24) is 15.2 Å². The van der Waals surface area contributed by atoms with Crippen molar-refractivity contribution in [3.05, 3.63) is 30.1 Å². The van der Waals surface area contributed by atoms with Crippen LogP contribution in [0.2, 0.25) is 0 Å². The molecule has 1 aromatic rings. The maximum absolute atomic E-state index is 12.2. The normalized spacial score (nSPS) is 26.5. The van der Waals surface area contributed by atoms with Gasteiger partial charge in [0.25, 0.3) is 0 Å². The lowest BCUT2D eigenvalue weighted by atomic mass is 9.99. The van der Waals surface area contributed by atoms with Crippen LogP contribution in [0.5, 0.6) is 0 Å². The van der Waals surface area contributed by atoms with Crippen molar-refractivity contribution in [2.45, 2.75) is 64.0 Å². The number of likely N-dealkylation sites (tertiary alicyclic amines) is 1. The van der Waals surface area contributed by atoms with Gasteiger partial charge in [-0.1, -0.05) is 6.07 Å². The zero-order chi connectivity index (χ0) is 16.9. The predicted octanol–water partition coefficient (Wildman–Crippen LogP) is 2.34. The number of carbonyl (C=O) groups is 1. The number of pyridine rings is 1. The van der Waals surface area contributed by atoms with Crippen LogP contribution in [-0.2, 0) is 16.1 Å². The Morgan fingerprint density at radius 1 is 1.46 bits per heavy atom. The molecule has 0 unspecified atom stereocenters. The van der Waals surface area contributed by atoms with Crippen LogP contribution in [0.25, 0.3) is 0 Å². The molecule has 0 saturated carbocycles. The molecule has 2 saturated heterocycles. The van der Waals surface area contributed by atoms with Crippen LogP contribution in [0.3, 0.4) is 0 Å². The molecule has 1 N–H and O–H groups in total. The highest BCUT2D eigenvalue weighted by Gasteiger charge is 2.41. The summed E-state index contributed by atoms with van der Waals surface area (Å²) in [6.45, 7) is 5.90. The van der Waals surface area contributed by atoms with Crippen LogP contribution in [0.4, 0.5) is 4.79 Å². The molecule has 24 heavy (non-hydrogen) atoms. The topological polar surface area (TPSA) is 63.7 Å². The number of hydrogen-bond acceptors (Lipinski definition) is 4. The number of fused-ring (bicyclic) bond motifs is 1. The first-order valence-electron chi connectivity index (χ1n) is 8.82. The molecule has 3 atom stereocenters. The van der Waals surface area contributed by atoms with E-state index in [0.29, 0.717) is 13.2 Å². The van der Waals surface area contributed by atoms with E-state index in [1.54, 1.807) is 6.20 Å². The van der Waals surface area contributed by atoms with E-state index in [0.717, 1.165) is 31.4 Å². The van der Waals surface area contributed by atoms with Gasteiger partial charge in [-0.2, -0.15) is 0 Å². The van der Waals surface area contributed by atoms with Crippen molar-refractivity contribution in [2.24, 2.45) is 0 Å². The van der Waals surface area contributed by atoms with E-state index >= 15 is 0 Å². The fraction of sp³-hybridized carbons (Fsp3) is 0.667. The second kappa shape index (κ2) is 7.94. The van der Waals surface area contributed by atoms with Gasteiger partial charge in [-0.15, -0.1) is 0 Å². The van der Waals surface area contributed by atoms with Crippen LogP contribution in [0.1, 0.15) is 38.7 Å². The minimum absolute atomic E-state index is 0.0346. The highest BCUT2D eigenvalue weighted by atomic mass is 16.5. The quantitative estimate of drug-likeness (QED) is 0.898. The van der Waals surface area contributed by atoms with Gasteiger partial charge in [0.1, 0.15) is 0 Å². The van der Waals surface area contributed by atoms with E-state index in [1.165, 1.54) is 0 Å². The molecule has 2 aliphatic heterocycles. The largest absolute Gasteiger partial charge is 0.374 e. The monoisotopic (exact) mass is 333 g/mol. The SMILES string of the molecule is CC(C)NC(=O)N1CC[C@@H]2O[C@H](COCc3cccnc3)CC[C@@H]21. The molecule has 6 heteroatoms. The van der Waals surface area contributed by atoms with Crippen molar-refractivity contribution in [2.75, 3.05) is 13.2 Å². The van der Waals surface area contributed by atoms with E-state index in [2.05, 4.69) is 10.3 Å². The summed E-state index contributed by atoms with van der Waals surface area (Å²) in [6.07, 6.45) is 6.67. The van der Waals surface area contributed by atoms with Crippen molar-refractivity contribution in [1.29, 1.82) is 0 Å². The van der Waals surface area contributed by atoms with Gasteiger partial charge in [0.15, 0.2) is 0 Å². The Labute approximate surface area is 143 Å². The summed E-state index contributed by atoms with van der Waals surface area (Å²) in [7, 11) is 0. The predicted molar refractivity (Wildman–Crippen MR) is 90.6 cm³/mol. The molecule has 0 aromatic carbocycles. The van der Waals surface area contributed by atoms with Crippen molar-refractivity contribution >= 4 is 6.03 Å². The first kappa shape index (κ1) is 17.2. The number of rotatable bonds is 5. The Morgan fingerprint density at radius 3 is 3.08 bits per heavy atom. The summed E-state index contributed by atoms with van der Waals surface area (Å²) in [4.78, 5) is 18.3. The summed E-state index contributed by atoms with van der Waals surface area (Å²) in [5, 5.41) is 2.98. The molecule has 1 aromatic heterocycles. The highest BCUT2D eigenvalue weighted by Crippen LogP contribution is 2.31. The third-order valence-electron chi connectivity index (χ3n) is 4.60. The summed E-state index contributed by atoms with van der Waals surface area (Å²) in [6, 6.07) is 4.32. The second-order valence-electron chi connectivity index (χ2n) is 6.90. The van der Waals surface area contributed by atoms with E-state index in [-0.39, 0.29) is 30.3 Å². The van der Waals surface area contributed by atoms with Crippen LogP contribution >= 0.6 is 0 Å². The molecule has 0 aliphatic carbocycles. The molecule has 3 rings (SSSR count). The average Bonchev–Trinajstić information content (AvgIpc) is 2.98. The lowest BCUT2D eigenvalue weighted by Gasteiger charge is -2.36. The minimum Gasteiger partial charge on any atom is -0.374 e. The number of ether oxygens (including phenoxy) is 2. The molecule has 6 nitrogen and oxygen atoms in total. The first-order chi connectivity index (χ1) is 11.6. The van der Waals surface area contributed by atoms with Crippen LogP contribution in [-0.4, -0.2) is 53.4 Å². The van der Waals surface area contributed by atoms with Gasteiger partial charge in [-0.25, -0.2) is 4.79 Å². The third kappa shape index (κ3) is 4.24. The molecule has 0 radical (unpaired) electrons. The fourth-order valence-corrected chi connectivity index (χ4v) is 3.49. The number of carbonyl (C=O) groups excluding carboxylic acids is 1. The standard InChI is InChI=1S/C18H27N3O3/c1-13(2)20-18(22)21-9-7-17-16(21)6-5-15(24-17)12-23-11-14-4-3-8-19-10-14/h3-4,8,10,13,15-17H,5-7,9,11-12H2,1-2H3,(H,20,22)/t15-,16-,17-/m0/s1. The fourth-order valence-electron chi connectivity index (χ4n) is 3.49. The highest BCUT2D eigenvalue weighted by molar-refractivity contribution is 5.75. The molecule has 3 heterocycles. The van der Waals surface area contributed by atoms with Crippen molar-refractivity contribution < 1.29 is 14.3 Å². The van der Waals surface area contributed by atoms with Gasteiger partial charge in [0, 0.05) is 25.0 Å². The number of amides is 2. The van der Waals surface area contributed by atoms with Gasteiger partial charge in [0.05, 0.1) is 31.5 Å². The van der Waals surface area contributed by atoms with Gasteiger partial charge >= 0.3 is 6.03 Å². The van der Waals surface area contributed by atoms with Crippen molar-refractivity contribution in [3.8, 4) is 0 Å². The van der Waals surface area contributed by atoms with E-state index < -0.39 is 0 Å². The zero-order valence-corrected chi connectivity index (χ0v) is 14.5. The van der Waals surface area contributed by atoms with E-state index in [4.69, 9.17) is 9.47 Å². The van der Waals surface area contributed by atoms with Gasteiger partial charge in [0.2, 0.25) is 0 Å². The molecular weight excluding hydrogens is 306 g/mol. The van der Waals surface area contributed by atoms with Crippen LogP contribution < -0.4 is 5.32 Å². The lowest BCUT2D eigenvalue weighted by molar-refractivity contribution is -0.0982. The number of aromatic nitrogens is 1. The maximum Gasteiger partial charge on any atom is 0.317 e. The van der Waals surface area contributed by atoms with Crippen molar-refractivity contribution in [3.63, 3.8) is 0 Å². The maximum atomic E-state index is 12.2. The average molecular weight is 333 g/mol. The van der Waals surface area contributed by atoms with Crippen LogP contribution in [0.15, 0.2) is 24.5 Å². The molecular formula is C18H27N3O3. The van der Waals surface area contributed by atoms with Gasteiger partial charge in [-0.3, -0.25) is 4.98 Å². The number of hydrogen-bond donors (Lipinski definition) is 1. The molecule has 0 bridgehead atoms. The first-order valence-corrected chi connectivity index (χ1v) is 8.82. The van der Waals surface area contributed by atoms with Gasteiger partial charge < -0.3 is 19.7 Å². The Hall–Kier alpha value is -1.66. The molecule has 2 amide bonds. The lowest BCUT2D eigenvalue weighted by Crippen LogP contribution is -2.50. The Balaban J connectivity index is 1.44. The van der Waals surface area contributed by atoms with Crippen LogP contribution in [0, 0.1) is 0 Å². The summed E-state index contributed by atoms with van der Waals surface area (Å²) < 4.78 is 11.9. The van der Waals surface area contributed by atoms with E-state index in [9.17, 15) is 4.79 Å². The molecule has 132 valence electrons. The summed E-state index contributed by atoms with van der Waals surface area (Å²) in [5.74, 6) is 0. The molecule has 2 fully saturated rings. The third-order valence-corrected chi connectivity index (χ3v) is 4.60. The Kier molecular flexibility index (Phi) is 5.68. The molecule has 0 spiro atoms. The summed E-state index contributed by atoms with van der Waals surface area (Å²) >= 11 is 0. The number of nitrogens with zero attached hydrogens (tertiary/aromatic N) is 2. The molecule has 2 aliphatic rings. The zero-order valence-electron chi connectivity index (χ0n) is 14.5.